The molecule has 4 heteroatoms. The highest BCUT2D eigenvalue weighted by Gasteiger charge is 2.21. The third kappa shape index (κ3) is 3.13. The van der Waals surface area contributed by atoms with Crippen molar-refractivity contribution < 1.29 is 9.90 Å². The fourth-order valence-corrected chi connectivity index (χ4v) is 2.28. The molecule has 1 aliphatic heterocycles. The summed E-state index contributed by atoms with van der Waals surface area (Å²) in [5.74, 6) is -0.986. The molecule has 2 heterocycles. The van der Waals surface area contributed by atoms with E-state index in [0.29, 0.717) is 0 Å². The van der Waals surface area contributed by atoms with Crippen LogP contribution in [-0.4, -0.2) is 29.1 Å². The van der Waals surface area contributed by atoms with Crippen LogP contribution >= 0.6 is 0 Å². The molecule has 102 valence electrons. The highest BCUT2D eigenvalue weighted by atomic mass is 16.4. The van der Waals surface area contributed by atoms with Gasteiger partial charge in [-0.3, -0.25) is 0 Å². The van der Waals surface area contributed by atoms with Gasteiger partial charge in [-0.25, -0.2) is 9.78 Å². The summed E-state index contributed by atoms with van der Waals surface area (Å²) in [6.45, 7) is 8.52. The van der Waals surface area contributed by atoms with Crippen LogP contribution in [0.1, 0.15) is 37.7 Å². The molecule has 1 N–H and O–H groups in total. The third-order valence-electron chi connectivity index (χ3n) is 3.50. The Morgan fingerprint density at radius 1 is 1.37 bits per heavy atom. The first-order chi connectivity index (χ1) is 8.88. The fraction of sp³-hybridized carbons (Fsp3) is 0.467. The maximum absolute atomic E-state index is 10.8. The van der Waals surface area contributed by atoms with Crippen molar-refractivity contribution in [2.75, 3.05) is 18.0 Å². The Morgan fingerprint density at radius 2 is 2.11 bits per heavy atom. The van der Waals surface area contributed by atoms with Gasteiger partial charge in [0.25, 0.3) is 0 Å². The van der Waals surface area contributed by atoms with Crippen molar-refractivity contribution in [2.45, 2.75) is 27.2 Å². The smallest absolute Gasteiger partial charge is 0.354 e. The predicted octanol–water partition coefficient (Wildman–Crippen LogP) is 2.96. The van der Waals surface area contributed by atoms with E-state index in [2.05, 4.69) is 36.7 Å². The van der Waals surface area contributed by atoms with Crippen LogP contribution in [0.2, 0.25) is 0 Å². The Bertz CT molecular complexity index is 498. The number of aromatic carboxylic acids is 1. The molecule has 0 saturated carbocycles. The maximum Gasteiger partial charge on any atom is 0.354 e. The van der Waals surface area contributed by atoms with Gasteiger partial charge in [-0.1, -0.05) is 32.4 Å². The molecule has 0 aromatic carbocycles. The Hall–Kier alpha value is -1.84. The summed E-state index contributed by atoms with van der Waals surface area (Å²) in [6, 6.07) is 3.38. The van der Waals surface area contributed by atoms with Gasteiger partial charge in [0.2, 0.25) is 0 Å². The number of anilines is 1. The lowest BCUT2D eigenvalue weighted by molar-refractivity contribution is 0.0690. The SMILES string of the molecule is CC(C)(C)C1=CCN(c2ccc(C(=O)O)nc2)CC1. The molecule has 0 saturated heterocycles. The zero-order valence-corrected chi connectivity index (χ0v) is 11.7. The van der Waals surface area contributed by atoms with Crippen LogP contribution in [0.4, 0.5) is 5.69 Å². The number of carbonyl (C=O) groups is 1. The Kier molecular flexibility index (Phi) is 3.60. The van der Waals surface area contributed by atoms with Gasteiger partial charge in [-0.15, -0.1) is 0 Å². The summed E-state index contributed by atoms with van der Waals surface area (Å²) >= 11 is 0. The Morgan fingerprint density at radius 3 is 2.53 bits per heavy atom. The lowest BCUT2D eigenvalue weighted by atomic mass is 9.83. The van der Waals surface area contributed by atoms with E-state index < -0.39 is 5.97 Å². The van der Waals surface area contributed by atoms with Crippen LogP contribution in [-0.2, 0) is 0 Å². The monoisotopic (exact) mass is 260 g/mol. The number of hydrogen-bond acceptors (Lipinski definition) is 3. The van der Waals surface area contributed by atoms with E-state index in [1.165, 1.54) is 5.57 Å². The molecular formula is C15H20N2O2. The van der Waals surface area contributed by atoms with Crippen LogP contribution in [0.25, 0.3) is 0 Å². The zero-order valence-electron chi connectivity index (χ0n) is 11.7. The first kappa shape index (κ1) is 13.6. The van der Waals surface area contributed by atoms with Crippen molar-refractivity contribution in [2.24, 2.45) is 5.41 Å². The molecule has 0 spiro atoms. The van der Waals surface area contributed by atoms with Gasteiger partial charge in [0.1, 0.15) is 5.69 Å². The van der Waals surface area contributed by atoms with E-state index in [1.54, 1.807) is 12.3 Å². The van der Waals surface area contributed by atoms with E-state index in [-0.39, 0.29) is 11.1 Å². The topological polar surface area (TPSA) is 53.4 Å². The first-order valence-corrected chi connectivity index (χ1v) is 6.52. The second-order valence-corrected chi connectivity index (χ2v) is 5.88. The van der Waals surface area contributed by atoms with Gasteiger partial charge >= 0.3 is 5.97 Å². The van der Waals surface area contributed by atoms with Crippen molar-refractivity contribution in [1.82, 2.24) is 4.98 Å². The van der Waals surface area contributed by atoms with Gasteiger partial charge in [0, 0.05) is 13.1 Å². The van der Waals surface area contributed by atoms with E-state index in [9.17, 15) is 4.79 Å². The number of carboxylic acids is 1. The molecule has 0 aliphatic carbocycles. The summed E-state index contributed by atoms with van der Waals surface area (Å²) in [5.41, 5.74) is 2.79. The molecule has 4 nitrogen and oxygen atoms in total. The molecule has 0 unspecified atom stereocenters. The van der Waals surface area contributed by atoms with Crippen LogP contribution < -0.4 is 4.90 Å². The highest BCUT2D eigenvalue weighted by molar-refractivity contribution is 5.85. The average molecular weight is 260 g/mol. The number of hydrogen-bond donors (Lipinski definition) is 1. The highest BCUT2D eigenvalue weighted by Crippen LogP contribution is 2.31. The minimum absolute atomic E-state index is 0.0895. The molecule has 0 fully saturated rings. The Balaban J connectivity index is 2.09. The molecule has 1 aromatic rings. The van der Waals surface area contributed by atoms with Crippen molar-refractivity contribution in [1.29, 1.82) is 0 Å². The normalized spacial score (nSPS) is 16.2. The molecule has 2 rings (SSSR count). The molecular weight excluding hydrogens is 240 g/mol. The van der Waals surface area contributed by atoms with Gasteiger partial charge < -0.3 is 10.0 Å². The second kappa shape index (κ2) is 5.03. The minimum atomic E-state index is -0.986. The summed E-state index contributed by atoms with van der Waals surface area (Å²) in [5, 5.41) is 8.82. The van der Waals surface area contributed by atoms with Crippen molar-refractivity contribution in [3.8, 4) is 0 Å². The van der Waals surface area contributed by atoms with Crippen molar-refractivity contribution >= 4 is 11.7 Å². The fourth-order valence-electron chi connectivity index (χ4n) is 2.28. The summed E-state index contributed by atoms with van der Waals surface area (Å²) in [7, 11) is 0. The van der Waals surface area contributed by atoms with Crippen LogP contribution in [0.15, 0.2) is 30.0 Å². The lowest BCUT2D eigenvalue weighted by Crippen LogP contribution is -2.31. The first-order valence-electron chi connectivity index (χ1n) is 6.52. The average Bonchev–Trinajstić information content (AvgIpc) is 2.38. The summed E-state index contributed by atoms with van der Waals surface area (Å²) < 4.78 is 0. The minimum Gasteiger partial charge on any atom is -0.477 e. The van der Waals surface area contributed by atoms with Crippen LogP contribution in [0.5, 0.6) is 0 Å². The van der Waals surface area contributed by atoms with E-state index in [4.69, 9.17) is 5.11 Å². The summed E-state index contributed by atoms with van der Waals surface area (Å²) in [4.78, 5) is 16.9. The number of aromatic nitrogens is 1. The van der Waals surface area contributed by atoms with Gasteiger partial charge in [-0.2, -0.15) is 0 Å². The van der Waals surface area contributed by atoms with E-state index in [0.717, 1.165) is 25.2 Å². The molecule has 19 heavy (non-hydrogen) atoms. The van der Waals surface area contributed by atoms with Gasteiger partial charge in [0.05, 0.1) is 11.9 Å². The largest absolute Gasteiger partial charge is 0.477 e. The molecule has 0 bridgehead atoms. The van der Waals surface area contributed by atoms with Crippen LogP contribution in [0, 0.1) is 5.41 Å². The van der Waals surface area contributed by atoms with Gasteiger partial charge in [-0.05, 0) is 24.0 Å². The Labute approximate surface area is 113 Å². The summed E-state index contributed by atoms with van der Waals surface area (Å²) in [6.07, 6.45) is 4.96. The second-order valence-electron chi connectivity index (χ2n) is 5.88. The molecule has 0 amide bonds. The lowest BCUT2D eigenvalue weighted by Gasteiger charge is -2.33. The van der Waals surface area contributed by atoms with Gasteiger partial charge in [0.15, 0.2) is 0 Å². The van der Waals surface area contributed by atoms with Crippen molar-refractivity contribution in [3.63, 3.8) is 0 Å². The number of nitrogens with zero attached hydrogens (tertiary/aromatic N) is 2. The van der Waals surface area contributed by atoms with Crippen LogP contribution in [0.3, 0.4) is 0 Å². The third-order valence-corrected chi connectivity index (χ3v) is 3.50. The van der Waals surface area contributed by atoms with Crippen molar-refractivity contribution in [3.05, 3.63) is 35.7 Å². The molecule has 0 atom stereocenters. The maximum atomic E-state index is 10.8. The van der Waals surface area contributed by atoms with E-state index >= 15 is 0 Å². The predicted molar refractivity (Wildman–Crippen MR) is 75.6 cm³/mol. The molecule has 1 aromatic heterocycles. The number of rotatable bonds is 2. The number of carboxylic acid groups (broad SMARTS) is 1. The molecule has 0 radical (unpaired) electrons. The zero-order chi connectivity index (χ0) is 14.0. The van der Waals surface area contributed by atoms with E-state index in [1.807, 2.05) is 6.07 Å². The number of pyridine rings is 1. The molecule has 1 aliphatic rings. The standard InChI is InChI=1S/C15H20N2O2/c1-15(2,3)11-6-8-17(9-7-11)12-4-5-13(14(18)19)16-10-12/h4-6,10H,7-9H2,1-3H3,(H,18,19). The quantitative estimate of drug-likeness (QED) is 0.831.